The number of para-hydroxylation sites is 1. The Bertz CT molecular complexity index is 1130. The number of piperidine rings is 2. The van der Waals surface area contributed by atoms with E-state index in [2.05, 4.69) is 10.2 Å². The summed E-state index contributed by atoms with van der Waals surface area (Å²) in [7, 11) is 1.62. The average Bonchev–Trinajstić information content (AvgIpc) is 3.04. The summed E-state index contributed by atoms with van der Waals surface area (Å²) in [5, 5.41) is 3.74. The number of imidazole rings is 1. The quantitative estimate of drug-likeness (QED) is 0.674. The highest BCUT2D eigenvalue weighted by molar-refractivity contribution is 6.11. The molecule has 0 unspecified atom stereocenters. The Hall–Kier alpha value is -2.79. The summed E-state index contributed by atoms with van der Waals surface area (Å²) < 4.78 is 31.4. The second-order valence-corrected chi connectivity index (χ2v) is 9.02. The number of aromatic nitrogens is 2. The van der Waals surface area contributed by atoms with E-state index in [1.807, 2.05) is 11.0 Å². The number of hydrogen-bond donors (Lipinski definition) is 1. The smallest absolute Gasteiger partial charge is 0.348 e. The molecule has 5 rings (SSSR count). The first-order chi connectivity index (χ1) is 15.8. The molecule has 0 aliphatic carbocycles. The molecule has 0 spiro atoms. The molecule has 1 atom stereocenters. The lowest BCUT2D eigenvalue weighted by Gasteiger charge is -2.44. The van der Waals surface area contributed by atoms with Crippen molar-refractivity contribution in [3.05, 3.63) is 28.7 Å². The molecular formula is C22H28F2N6O3. The minimum atomic E-state index is -2.75. The van der Waals surface area contributed by atoms with Crippen molar-refractivity contribution in [2.75, 3.05) is 49.2 Å². The molecule has 1 aromatic carbocycles. The van der Waals surface area contributed by atoms with Gasteiger partial charge in [0.1, 0.15) is 0 Å². The Balaban J connectivity index is 1.45. The van der Waals surface area contributed by atoms with Gasteiger partial charge in [-0.2, -0.15) is 9.69 Å². The predicted molar refractivity (Wildman–Crippen MR) is 119 cm³/mol. The lowest BCUT2D eigenvalue weighted by atomic mass is 9.99. The maximum Gasteiger partial charge on any atom is 0.348 e. The molecule has 3 aliphatic rings. The van der Waals surface area contributed by atoms with Crippen LogP contribution < -0.4 is 20.9 Å². The molecule has 178 valence electrons. The van der Waals surface area contributed by atoms with Gasteiger partial charge in [-0.05, 0) is 31.5 Å². The van der Waals surface area contributed by atoms with Crippen molar-refractivity contribution in [3.8, 4) is 0 Å². The molecule has 9 nitrogen and oxygen atoms in total. The van der Waals surface area contributed by atoms with Gasteiger partial charge in [0.15, 0.2) is 0 Å². The van der Waals surface area contributed by atoms with Gasteiger partial charge < -0.3 is 10.2 Å². The minimum Gasteiger partial charge on any atom is -0.367 e. The van der Waals surface area contributed by atoms with Crippen LogP contribution in [0.15, 0.2) is 23.0 Å². The normalized spacial score (nSPS) is 24.6. The zero-order valence-electron chi connectivity index (χ0n) is 18.6. The number of rotatable bonds is 3. The fourth-order valence-corrected chi connectivity index (χ4v) is 5.34. The van der Waals surface area contributed by atoms with Crippen LogP contribution in [-0.4, -0.2) is 77.2 Å². The summed E-state index contributed by atoms with van der Waals surface area (Å²) in [5.41, 5.74) is 1.43. The first-order valence-corrected chi connectivity index (χ1v) is 11.4. The molecule has 4 heterocycles. The fourth-order valence-electron chi connectivity index (χ4n) is 5.34. The van der Waals surface area contributed by atoms with E-state index in [4.69, 9.17) is 0 Å². The van der Waals surface area contributed by atoms with Crippen LogP contribution in [0.3, 0.4) is 0 Å². The largest absolute Gasteiger partial charge is 0.367 e. The number of alkyl halides is 2. The standard InChI is InChI=1S/C22H28F2N6O3/c1-26-20-15(27-10-12-28(13-11-27)17-8-9-25-14-22(17,23)24)4-2-5-16(20)29(21(26)33)30-18(31)6-3-7-19(30)32/h2,4-5,17,25H,3,6-14H2,1H3/t17-/m0/s1. The molecule has 0 radical (unpaired) electrons. The molecule has 1 N–H and O–H groups in total. The second-order valence-electron chi connectivity index (χ2n) is 9.02. The highest BCUT2D eigenvalue weighted by Gasteiger charge is 2.45. The minimum absolute atomic E-state index is 0.220. The number of aryl methyl sites for hydroxylation is 1. The zero-order valence-corrected chi connectivity index (χ0v) is 18.6. The lowest BCUT2D eigenvalue weighted by molar-refractivity contribution is -0.131. The van der Waals surface area contributed by atoms with Gasteiger partial charge in [-0.3, -0.25) is 19.1 Å². The third-order valence-corrected chi connectivity index (χ3v) is 7.02. The van der Waals surface area contributed by atoms with Gasteiger partial charge in [-0.15, -0.1) is 0 Å². The summed E-state index contributed by atoms with van der Waals surface area (Å²) in [5.74, 6) is -3.53. The van der Waals surface area contributed by atoms with Gasteiger partial charge in [0.25, 0.3) is 5.92 Å². The van der Waals surface area contributed by atoms with E-state index < -0.39 is 17.7 Å². The van der Waals surface area contributed by atoms with Crippen LogP contribution in [0.4, 0.5) is 14.5 Å². The van der Waals surface area contributed by atoms with Crippen molar-refractivity contribution in [1.29, 1.82) is 0 Å². The van der Waals surface area contributed by atoms with Crippen molar-refractivity contribution >= 4 is 28.5 Å². The fraction of sp³-hybridized carbons (Fsp3) is 0.591. The van der Waals surface area contributed by atoms with Gasteiger partial charge in [-0.1, -0.05) is 6.07 Å². The van der Waals surface area contributed by atoms with Gasteiger partial charge in [0.2, 0.25) is 11.8 Å². The summed E-state index contributed by atoms with van der Waals surface area (Å²) in [6.07, 6.45) is 1.34. The van der Waals surface area contributed by atoms with Crippen molar-refractivity contribution in [1.82, 2.24) is 19.5 Å². The zero-order chi connectivity index (χ0) is 23.3. The van der Waals surface area contributed by atoms with Crippen LogP contribution >= 0.6 is 0 Å². The van der Waals surface area contributed by atoms with Crippen molar-refractivity contribution in [2.45, 2.75) is 37.6 Å². The summed E-state index contributed by atoms with van der Waals surface area (Å²) >= 11 is 0. The molecule has 0 saturated carbocycles. The summed E-state index contributed by atoms with van der Waals surface area (Å²) in [6.45, 7) is 2.37. The van der Waals surface area contributed by atoms with Gasteiger partial charge in [0.05, 0.1) is 29.3 Å². The number of fused-ring (bicyclic) bond motifs is 1. The molecular weight excluding hydrogens is 434 g/mol. The predicted octanol–water partition coefficient (Wildman–Crippen LogP) is 0.634. The van der Waals surface area contributed by atoms with Crippen LogP contribution in [0, 0.1) is 0 Å². The molecule has 11 heteroatoms. The number of carbonyl (C=O) groups is 2. The van der Waals surface area contributed by atoms with E-state index >= 15 is 0 Å². The number of anilines is 1. The molecule has 3 aliphatic heterocycles. The van der Waals surface area contributed by atoms with Crippen LogP contribution in [0.25, 0.3) is 11.0 Å². The number of amides is 2. The van der Waals surface area contributed by atoms with E-state index in [0.29, 0.717) is 56.6 Å². The molecule has 33 heavy (non-hydrogen) atoms. The highest BCUT2D eigenvalue weighted by atomic mass is 19.3. The van der Waals surface area contributed by atoms with E-state index in [1.165, 1.54) is 9.24 Å². The Morgan fingerprint density at radius 2 is 1.73 bits per heavy atom. The van der Waals surface area contributed by atoms with Crippen molar-refractivity contribution in [2.24, 2.45) is 7.05 Å². The van der Waals surface area contributed by atoms with Crippen LogP contribution in [-0.2, 0) is 16.6 Å². The maximum absolute atomic E-state index is 14.4. The van der Waals surface area contributed by atoms with E-state index in [0.717, 1.165) is 10.7 Å². The molecule has 2 amide bonds. The van der Waals surface area contributed by atoms with Crippen molar-refractivity contribution < 1.29 is 18.4 Å². The topological polar surface area (TPSA) is 82.8 Å². The average molecular weight is 463 g/mol. The summed E-state index contributed by atoms with van der Waals surface area (Å²) in [6, 6.07) is 4.64. The molecule has 1 aromatic heterocycles. The van der Waals surface area contributed by atoms with Gasteiger partial charge in [0, 0.05) is 46.1 Å². The monoisotopic (exact) mass is 462 g/mol. The SMILES string of the molecule is Cn1c(=O)n(N2C(=O)CCCC2=O)c2cccc(N3CCN([C@H]4CCNCC4(F)F)CC3)c21. The molecule has 3 fully saturated rings. The third kappa shape index (κ3) is 3.63. The Morgan fingerprint density at radius 1 is 1.03 bits per heavy atom. The number of hydrogen-bond acceptors (Lipinski definition) is 6. The Labute approximate surface area is 189 Å². The number of benzene rings is 1. The first kappa shape index (κ1) is 22.0. The Kier molecular flexibility index (Phi) is 5.48. The number of nitrogens with zero attached hydrogens (tertiary/aromatic N) is 5. The van der Waals surface area contributed by atoms with Gasteiger partial charge in [-0.25, -0.2) is 13.6 Å². The molecule has 2 aromatic rings. The number of carbonyl (C=O) groups excluding carboxylic acids is 2. The van der Waals surface area contributed by atoms with Crippen LogP contribution in [0.5, 0.6) is 0 Å². The Morgan fingerprint density at radius 3 is 2.39 bits per heavy atom. The number of piperazine rings is 1. The van der Waals surface area contributed by atoms with Crippen molar-refractivity contribution in [3.63, 3.8) is 0 Å². The second kappa shape index (κ2) is 8.21. The lowest BCUT2D eigenvalue weighted by Crippen LogP contribution is -2.61. The van der Waals surface area contributed by atoms with E-state index in [-0.39, 0.29) is 31.2 Å². The summed E-state index contributed by atoms with van der Waals surface area (Å²) in [4.78, 5) is 42.0. The van der Waals surface area contributed by atoms with Crippen LogP contribution in [0.2, 0.25) is 0 Å². The molecule has 3 saturated heterocycles. The third-order valence-electron chi connectivity index (χ3n) is 7.02. The van der Waals surface area contributed by atoms with Gasteiger partial charge >= 0.3 is 5.69 Å². The molecule has 0 bridgehead atoms. The highest BCUT2D eigenvalue weighted by Crippen LogP contribution is 2.31. The first-order valence-electron chi connectivity index (χ1n) is 11.4. The van der Waals surface area contributed by atoms with E-state index in [1.54, 1.807) is 19.2 Å². The van der Waals surface area contributed by atoms with Crippen LogP contribution in [0.1, 0.15) is 25.7 Å². The number of imide groups is 1. The van der Waals surface area contributed by atoms with E-state index in [9.17, 15) is 23.2 Å². The number of halogens is 2. The number of nitrogens with one attached hydrogen (secondary N) is 1. The maximum atomic E-state index is 14.4.